The zero-order valence-electron chi connectivity index (χ0n) is 15.5. The van der Waals surface area contributed by atoms with Crippen LogP contribution in [0.1, 0.15) is 18.1 Å². The molecule has 1 unspecified atom stereocenters. The molecule has 0 radical (unpaired) electrons. The number of nitrogens with one attached hydrogen (secondary N) is 1. The molecule has 28 heavy (non-hydrogen) atoms. The molecular formula is C19H21F3N4O2. The third kappa shape index (κ3) is 4.19. The van der Waals surface area contributed by atoms with Gasteiger partial charge in [-0.25, -0.2) is 9.97 Å². The van der Waals surface area contributed by atoms with E-state index in [-0.39, 0.29) is 18.9 Å². The molecule has 0 saturated heterocycles. The molecule has 0 bridgehead atoms. The molecule has 2 heterocycles. The van der Waals surface area contributed by atoms with E-state index in [4.69, 9.17) is 4.74 Å². The van der Waals surface area contributed by atoms with Crippen molar-refractivity contribution in [1.29, 1.82) is 0 Å². The number of aliphatic hydroxyl groups is 1. The van der Waals surface area contributed by atoms with E-state index in [1.807, 2.05) is 13.1 Å². The molecule has 0 aliphatic heterocycles. The highest BCUT2D eigenvalue weighted by Crippen LogP contribution is 2.36. The van der Waals surface area contributed by atoms with Gasteiger partial charge in [-0.3, -0.25) is 0 Å². The highest BCUT2D eigenvalue weighted by atomic mass is 19.4. The fraction of sp³-hybridized carbons (Fsp3) is 0.368. The summed E-state index contributed by atoms with van der Waals surface area (Å²) in [7, 11) is 1.75. The van der Waals surface area contributed by atoms with Crippen LogP contribution in [-0.4, -0.2) is 46.4 Å². The lowest BCUT2D eigenvalue weighted by Gasteiger charge is -2.23. The number of H-pyrrole nitrogens is 1. The molecule has 0 aliphatic rings. The van der Waals surface area contributed by atoms with Crippen molar-refractivity contribution >= 4 is 16.9 Å². The molecule has 9 heteroatoms. The van der Waals surface area contributed by atoms with Gasteiger partial charge in [0.25, 0.3) is 0 Å². The van der Waals surface area contributed by atoms with E-state index in [1.54, 1.807) is 11.9 Å². The van der Waals surface area contributed by atoms with E-state index in [1.165, 1.54) is 24.5 Å². The molecule has 0 amide bonds. The first-order chi connectivity index (χ1) is 13.3. The van der Waals surface area contributed by atoms with E-state index in [2.05, 4.69) is 15.0 Å². The number of halogens is 3. The summed E-state index contributed by atoms with van der Waals surface area (Å²) in [6, 6.07) is 4.94. The third-order valence-corrected chi connectivity index (χ3v) is 4.38. The van der Waals surface area contributed by atoms with Crippen LogP contribution in [-0.2, 0) is 12.6 Å². The van der Waals surface area contributed by atoms with Gasteiger partial charge in [0.1, 0.15) is 36.3 Å². The second kappa shape index (κ2) is 8.05. The van der Waals surface area contributed by atoms with Crippen molar-refractivity contribution < 1.29 is 23.0 Å². The van der Waals surface area contributed by atoms with E-state index >= 15 is 0 Å². The van der Waals surface area contributed by atoms with Crippen molar-refractivity contribution in [3.8, 4) is 5.75 Å². The number of rotatable bonds is 7. The van der Waals surface area contributed by atoms with Gasteiger partial charge in [-0.2, -0.15) is 13.2 Å². The zero-order valence-corrected chi connectivity index (χ0v) is 15.5. The Bertz CT molecular complexity index is 942. The first kappa shape index (κ1) is 19.9. The van der Waals surface area contributed by atoms with E-state index in [0.717, 1.165) is 23.4 Å². The van der Waals surface area contributed by atoms with Crippen LogP contribution in [0.4, 0.5) is 19.0 Å². The first-order valence-electron chi connectivity index (χ1n) is 8.80. The van der Waals surface area contributed by atoms with E-state index in [0.29, 0.717) is 11.5 Å². The van der Waals surface area contributed by atoms with Crippen LogP contribution in [0.2, 0.25) is 0 Å². The topological polar surface area (TPSA) is 74.3 Å². The minimum absolute atomic E-state index is 0.134. The number of hydrogen-bond donors (Lipinski definition) is 2. The number of aliphatic hydroxyl groups excluding tert-OH is 1. The van der Waals surface area contributed by atoms with Gasteiger partial charge < -0.3 is 19.7 Å². The molecule has 3 rings (SSSR count). The van der Waals surface area contributed by atoms with Gasteiger partial charge in [-0.05, 0) is 24.1 Å². The second-order valence-electron chi connectivity index (χ2n) is 6.43. The van der Waals surface area contributed by atoms with Crippen molar-refractivity contribution in [3.05, 3.63) is 47.9 Å². The largest absolute Gasteiger partial charge is 0.490 e. The maximum Gasteiger partial charge on any atom is 0.419 e. The van der Waals surface area contributed by atoms with Gasteiger partial charge in [0.15, 0.2) is 0 Å². The van der Waals surface area contributed by atoms with Gasteiger partial charge in [0.2, 0.25) is 0 Å². The summed E-state index contributed by atoms with van der Waals surface area (Å²) in [6.07, 6.45) is -1.46. The number of fused-ring (bicyclic) bond motifs is 1. The Hall–Kier alpha value is -2.81. The molecule has 2 aromatic heterocycles. The molecule has 150 valence electrons. The lowest BCUT2D eigenvalue weighted by molar-refractivity contribution is -0.139. The summed E-state index contributed by atoms with van der Waals surface area (Å²) in [5.41, 5.74) is 0.869. The van der Waals surface area contributed by atoms with Crippen LogP contribution in [0.3, 0.4) is 0 Å². The number of para-hydroxylation sites is 1. The van der Waals surface area contributed by atoms with E-state index < -0.39 is 17.8 Å². The van der Waals surface area contributed by atoms with Crippen LogP contribution in [0.5, 0.6) is 5.75 Å². The first-order valence-corrected chi connectivity index (χ1v) is 8.80. The maximum absolute atomic E-state index is 13.0. The number of anilines is 1. The van der Waals surface area contributed by atoms with Crippen molar-refractivity contribution in [1.82, 2.24) is 15.0 Å². The number of nitrogens with zero attached hydrogens (tertiary/aromatic N) is 3. The molecule has 2 N–H and O–H groups in total. The highest BCUT2D eigenvalue weighted by molar-refractivity contribution is 5.90. The van der Waals surface area contributed by atoms with Crippen molar-refractivity contribution in [3.63, 3.8) is 0 Å². The summed E-state index contributed by atoms with van der Waals surface area (Å²) < 4.78 is 44.3. The molecule has 0 saturated carbocycles. The number of aromatic nitrogens is 3. The lowest BCUT2D eigenvalue weighted by Crippen LogP contribution is -2.34. The van der Waals surface area contributed by atoms with Crippen LogP contribution in [0.15, 0.2) is 36.8 Å². The zero-order chi connectivity index (χ0) is 20.3. The van der Waals surface area contributed by atoms with Gasteiger partial charge in [0.05, 0.1) is 10.9 Å². The molecule has 1 atom stereocenters. The normalized spacial score (nSPS) is 12.9. The van der Waals surface area contributed by atoms with Crippen molar-refractivity contribution in [2.75, 3.05) is 25.1 Å². The summed E-state index contributed by atoms with van der Waals surface area (Å²) in [6.45, 7) is 1.87. The Labute approximate surface area is 160 Å². The number of alkyl halides is 3. The highest BCUT2D eigenvalue weighted by Gasteiger charge is 2.34. The Morgan fingerprint density at radius 3 is 2.71 bits per heavy atom. The minimum atomic E-state index is -4.52. The molecule has 0 aliphatic carbocycles. The number of ether oxygens (including phenoxy) is 1. The van der Waals surface area contributed by atoms with Crippen LogP contribution in [0.25, 0.3) is 11.0 Å². The quantitative estimate of drug-likeness (QED) is 0.642. The maximum atomic E-state index is 13.0. The van der Waals surface area contributed by atoms with Gasteiger partial charge >= 0.3 is 6.18 Å². The van der Waals surface area contributed by atoms with Crippen molar-refractivity contribution in [2.24, 2.45) is 0 Å². The van der Waals surface area contributed by atoms with Crippen LogP contribution in [0, 0.1) is 0 Å². The third-order valence-electron chi connectivity index (χ3n) is 4.38. The standard InChI is InChI=1S/C19H21F3N4O2/c1-3-12-8-23-17-16(12)18(25-11-24-17)26(2)9-13(27)10-28-15-7-5-4-6-14(15)19(20,21)22/h4-8,11,13,27H,3,9-10H2,1-2H3,(H,23,24,25). The fourth-order valence-corrected chi connectivity index (χ4v) is 3.05. The Kier molecular flexibility index (Phi) is 5.73. The van der Waals surface area contributed by atoms with Crippen LogP contribution >= 0.6 is 0 Å². The SMILES string of the molecule is CCc1c[nH]c2ncnc(N(C)CC(O)COc3ccccc3C(F)(F)F)c12. The summed E-state index contributed by atoms with van der Waals surface area (Å²) >= 11 is 0. The van der Waals surface area contributed by atoms with Gasteiger partial charge in [-0.1, -0.05) is 19.1 Å². The Morgan fingerprint density at radius 2 is 2.00 bits per heavy atom. The Balaban J connectivity index is 1.70. The monoisotopic (exact) mass is 394 g/mol. The molecular weight excluding hydrogens is 373 g/mol. The van der Waals surface area contributed by atoms with Gasteiger partial charge in [-0.15, -0.1) is 0 Å². The molecule has 1 aromatic carbocycles. The number of aryl methyl sites for hydroxylation is 1. The van der Waals surface area contributed by atoms with Crippen LogP contribution < -0.4 is 9.64 Å². The summed E-state index contributed by atoms with van der Waals surface area (Å²) in [5.74, 6) is 0.331. The summed E-state index contributed by atoms with van der Waals surface area (Å²) in [5, 5.41) is 11.1. The molecule has 3 aromatic rings. The average molecular weight is 394 g/mol. The second-order valence-corrected chi connectivity index (χ2v) is 6.43. The average Bonchev–Trinajstić information content (AvgIpc) is 3.09. The van der Waals surface area contributed by atoms with Gasteiger partial charge in [0, 0.05) is 19.8 Å². The number of aromatic amines is 1. The summed E-state index contributed by atoms with van der Waals surface area (Å²) in [4.78, 5) is 13.3. The lowest BCUT2D eigenvalue weighted by atomic mass is 10.2. The smallest absolute Gasteiger partial charge is 0.419 e. The molecule has 0 fully saturated rings. The van der Waals surface area contributed by atoms with Crippen molar-refractivity contribution in [2.45, 2.75) is 25.6 Å². The predicted molar refractivity (Wildman–Crippen MR) is 99.5 cm³/mol. The number of benzene rings is 1. The Morgan fingerprint density at radius 1 is 1.25 bits per heavy atom. The molecule has 6 nitrogen and oxygen atoms in total. The van der Waals surface area contributed by atoms with E-state index in [9.17, 15) is 18.3 Å². The predicted octanol–water partition coefficient (Wildman–Crippen LogP) is 3.42. The number of likely N-dealkylation sites (N-methyl/N-ethyl adjacent to an activating group) is 1. The molecule has 0 spiro atoms. The minimum Gasteiger partial charge on any atom is -0.490 e. The number of hydrogen-bond acceptors (Lipinski definition) is 5. The fourth-order valence-electron chi connectivity index (χ4n) is 3.05.